The van der Waals surface area contributed by atoms with Crippen molar-refractivity contribution in [2.45, 2.75) is 25.5 Å². The Hall–Kier alpha value is -1.63. The molecule has 2 atom stereocenters. The Bertz CT molecular complexity index is 411. The lowest BCUT2D eigenvalue weighted by Gasteiger charge is -2.31. The van der Waals surface area contributed by atoms with Gasteiger partial charge in [0, 0.05) is 19.0 Å². The first kappa shape index (κ1) is 15.4. The fourth-order valence-electron chi connectivity index (χ4n) is 1.99. The molecule has 0 N–H and O–H groups in total. The van der Waals surface area contributed by atoms with Gasteiger partial charge < -0.3 is 4.74 Å². The molecule has 0 aliphatic rings. The highest BCUT2D eigenvalue weighted by Crippen LogP contribution is 2.24. The predicted octanol–water partition coefficient (Wildman–Crippen LogP) is 3.16. The van der Waals surface area contributed by atoms with Crippen molar-refractivity contribution >= 4 is 0 Å². The predicted molar refractivity (Wildman–Crippen MR) is 77.7 cm³/mol. The van der Waals surface area contributed by atoms with Crippen LogP contribution in [0.1, 0.15) is 25.0 Å². The third kappa shape index (κ3) is 4.86. The number of hydrogen-bond donors (Lipinski definition) is 0. The molecule has 0 unspecified atom stereocenters. The highest BCUT2D eigenvalue weighted by atomic mass is 16.5. The smallest absolute Gasteiger partial charge is 0.0981 e. The van der Waals surface area contributed by atoms with Crippen LogP contribution in [0.25, 0.3) is 0 Å². The average molecular weight is 258 g/mol. The van der Waals surface area contributed by atoms with Crippen molar-refractivity contribution in [2.24, 2.45) is 0 Å². The van der Waals surface area contributed by atoms with E-state index in [1.807, 2.05) is 25.2 Å². The minimum absolute atomic E-state index is 0.0112. The molecule has 0 saturated heterocycles. The van der Waals surface area contributed by atoms with Crippen LogP contribution in [0.2, 0.25) is 0 Å². The number of benzene rings is 1. The van der Waals surface area contributed by atoms with E-state index in [1.54, 1.807) is 6.08 Å². The number of rotatable bonds is 8. The van der Waals surface area contributed by atoms with Crippen LogP contribution in [-0.4, -0.2) is 31.1 Å². The normalized spacial score (nSPS) is 13.8. The van der Waals surface area contributed by atoms with E-state index in [9.17, 15) is 0 Å². The van der Waals surface area contributed by atoms with Gasteiger partial charge in [0.2, 0.25) is 0 Å². The minimum Gasteiger partial charge on any atom is -0.368 e. The van der Waals surface area contributed by atoms with Crippen LogP contribution in [0.3, 0.4) is 0 Å². The van der Waals surface area contributed by atoms with E-state index < -0.39 is 0 Å². The zero-order valence-electron chi connectivity index (χ0n) is 11.7. The largest absolute Gasteiger partial charge is 0.368 e. The third-order valence-corrected chi connectivity index (χ3v) is 3.23. The zero-order chi connectivity index (χ0) is 14.1. The van der Waals surface area contributed by atoms with Crippen LogP contribution in [0.4, 0.5) is 0 Å². The molecule has 0 aliphatic carbocycles. The summed E-state index contributed by atoms with van der Waals surface area (Å²) in [6.45, 7) is 7.09. The van der Waals surface area contributed by atoms with Crippen molar-refractivity contribution in [3.8, 4) is 6.07 Å². The van der Waals surface area contributed by atoms with Gasteiger partial charge in [-0.15, -0.1) is 6.58 Å². The second-order valence-electron chi connectivity index (χ2n) is 4.58. The van der Waals surface area contributed by atoms with Crippen molar-refractivity contribution in [1.82, 2.24) is 4.90 Å². The number of nitriles is 1. The molecule has 0 radical (unpaired) electrons. The van der Waals surface area contributed by atoms with E-state index in [0.29, 0.717) is 13.0 Å². The number of nitrogens with zero attached hydrogens (tertiary/aromatic N) is 2. The summed E-state index contributed by atoms with van der Waals surface area (Å²) in [4.78, 5) is 2.16. The molecule has 0 aromatic heterocycles. The molecule has 1 aromatic carbocycles. The summed E-state index contributed by atoms with van der Waals surface area (Å²) >= 11 is 0. The number of ether oxygens (including phenoxy) is 1. The summed E-state index contributed by atoms with van der Waals surface area (Å²) in [6, 6.07) is 12.6. The molecule has 102 valence electrons. The first-order valence-electron chi connectivity index (χ1n) is 6.55. The average Bonchev–Trinajstić information content (AvgIpc) is 2.46. The van der Waals surface area contributed by atoms with E-state index in [1.165, 1.54) is 0 Å². The maximum absolute atomic E-state index is 8.67. The van der Waals surface area contributed by atoms with Gasteiger partial charge >= 0.3 is 0 Å². The monoisotopic (exact) mass is 258 g/mol. The molecule has 19 heavy (non-hydrogen) atoms. The van der Waals surface area contributed by atoms with Crippen LogP contribution in [-0.2, 0) is 4.74 Å². The Morgan fingerprint density at radius 2 is 2.11 bits per heavy atom. The molecule has 0 fully saturated rings. The molecule has 0 bridgehead atoms. The summed E-state index contributed by atoms with van der Waals surface area (Å²) in [5.74, 6) is 0. The van der Waals surface area contributed by atoms with Gasteiger partial charge in [-0.1, -0.05) is 36.4 Å². The number of hydrogen-bond acceptors (Lipinski definition) is 3. The van der Waals surface area contributed by atoms with Gasteiger partial charge in [-0.3, -0.25) is 4.90 Å². The van der Waals surface area contributed by atoms with Crippen LogP contribution in [0.15, 0.2) is 43.0 Å². The molecular formula is C16H22N2O. The molecule has 1 rings (SSSR count). The van der Waals surface area contributed by atoms with Crippen LogP contribution < -0.4 is 0 Å². The first-order chi connectivity index (χ1) is 9.20. The van der Waals surface area contributed by atoms with E-state index in [2.05, 4.69) is 36.6 Å². The minimum atomic E-state index is -0.0112. The Balaban J connectivity index is 2.78. The summed E-state index contributed by atoms with van der Waals surface area (Å²) < 4.78 is 5.90. The van der Waals surface area contributed by atoms with Gasteiger partial charge in [-0.05, 0) is 19.5 Å². The van der Waals surface area contributed by atoms with E-state index in [4.69, 9.17) is 10.00 Å². The van der Waals surface area contributed by atoms with Crippen molar-refractivity contribution < 1.29 is 4.74 Å². The van der Waals surface area contributed by atoms with Gasteiger partial charge in [-0.2, -0.15) is 5.26 Å². The second kappa shape index (κ2) is 8.47. The summed E-state index contributed by atoms with van der Waals surface area (Å²) in [5.41, 5.74) is 1.15. The Kier molecular flexibility index (Phi) is 6.88. The molecule has 0 heterocycles. The van der Waals surface area contributed by atoms with Gasteiger partial charge in [0.05, 0.1) is 18.8 Å². The molecule has 0 aliphatic heterocycles. The Labute approximate surface area is 116 Å². The van der Waals surface area contributed by atoms with E-state index in [0.717, 1.165) is 12.1 Å². The number of likely N-dealkylation sites (N-methyl/N-ethyl adjacent to an activating group) is 1. The molecule has 0 saturated carbocycles. The standard InChI is InChI=1S/C16H22N2O/c1-4-13-19-16(15-9-6-5-7-10-15)14(2)18(3)12-8-11-17/h4-7,9-10,14,16H,1,8,12-13H2,2-3H3/t14-,16+/m0/s1. The third-order valence-electron chi connectivity index (χ3n) is 3.23. The molecule has 1 aromatic rings. The lowest BCUT2D eigenvalue weighted by atomic mass is 10.0. The molecular weight excluding hydrogens is 236 g/mol. The highest BCUT2D eigenvalue weighted by Gasteiger charge is 2.22. The highest BCUT2D eigenvalue weighted by molar-refractivity contribution is 5.19. The fraction of sp³-hybridized carbons (Fsp3) is 0.438. The van der Waals surface area contributed by atoms with Gasteiger partial charge in [0.15, 0.2) is 0 Å². The maximum atomic E-state index is 8.67. The quantitative estimate of drug-likeness (QED) is 0.672. The van der Waals surface area contributed by atoms with Crippen LogP contribution in [0.5, 0.6) is 0 Å². The molecule has 0 amide bonds. The van der Waals surface area contributed by atoms with Gasteiger partial charge in [-0.25, -0.2) is 0 Å². The van der Waals surface area contributed by atoms with Crippen LogP contribution >= 0.6 is 0 Å². The topological polar surface area (TPSA) is 36.3 Å². The fourth-order valence-corrected chi connectivity index (χ4v) is 1.99. The van der Waals surface area contributed by atoms with Crippen molar-refractivity contribution in [2.75, 3.05) is 20.2 Å². The Morgan fingerprint density at radius 3 is 2.68 bits per heavy atom. The molecule has 3 heteroatoms. The zero-order valence-corrected chi connectivity index (χ0v) is 11.7. The van der Waals surface area contributed by atoms with Gasteiger partial charge in [0.1, 0.15) is 0 Å². The van der Waals surface area contributed by atoms with Crippen molar-refractivity contribution in [3.05, 3.63) is 48.6 Å². The van der Waals surface area contributed by atoms with E-state index >= 15 is 0 Å². The van der Waals surface area contributed by atoms with Crippen molar-refractivity contribution in [3.63, 3.8) is 0 Å². The van der Waals surface area contributed by atoms with Gasteiger partial charge in [0.25, 0.3) is 0 Å². The SMILES string of the molecule is C=CCO[C@@H](c1ccccc1)[C@H](C)N(C)CCC#N. The first-order valence-corrected chi connectivity index (χ1v) is 6.55. The maximum Gasteiger partial charge on any atom is 0.0981 e. The summed E-state index contributed by atoms with van der Waals surface area (Å²) in [7, 11) is 2.02. The summed E-state index contributed by atoms with van der Waals surface area (Å²) in [5, 5.41) is 8.67. The van der Waals surface area contributed by atoms with Crippen LogP contribution in [0, 0.1) is 11.3 Å². The molecule has 3 nitrogen and oxygen atoms in total. The van der Waals surface area contributed by atoms with E-state index in [-0.39, 0.29) is 12.1 Å². The lowest BCUT2D eigenvalue weighted by Crippen LogP contribution is -2.36. The summed E-state index contributed by atoms with van der Waals surface area (Å²) in [6.07, 6.45) is 2.28. The molecule has 0 spiro atoms. The van der Waals surface area contributed by atoms with Crippen molar-refractivity contribution in [1.29, 1.82) is 5.26 Å². The lowest BCUT2D eigenvalue weighted by molar-refractivity contribution is 0.0115. The second-order valence-corrected chi connectivity index (χ2v) is 4.58. The Morgan fingerprint density at radius 1 is 1.42 bits per heavy atom.